The predicted molar refractivity (Wildman–Crippen MR) is 158 cm³/mol. The molecule has 5 rings (SSSR count). The lowest BCUT2D eigenvalue weighted by Crippen LogP contribution is -2.39. The van der Waals surface area contributed by atoms with Crippen molar-refractivity contribution < 1.29 is 9.32 Å². The summed E-state index contributed by atoms with van der Waals surface area (Å²) in [4.78, 5) is 30.0. The Balaban J connectivity index is 1.69. The van der Waals surface area contributed by atoms with Crippen LogP contribution < -0.4 is 11.3 Å². The van der Waals surface area contributed by atoms with Crippen LogP contribution in [0.25, 0.3) is 22.2 Å². The zero-order valence-corrected chi connectivity index (χ0v) is 22.9. The predicted octanol–water partition coefficient (Wildman–Crippen LogP) is 5.96. The maximum atomic E-state index is 14.3. The molecule has 0 spiro atoms. The molecule has 40 heavy (non-hydrogen) atoms. The van der Waals surface area contributed by atoms with E-state index in [0.29, 0.717) is 60.4 Å². The molecule has 0 fully saturated rings. The molecule has 204 valence electrons. The largest absolute Gasteiger partial charge is 0.355 e. The van der Waals surface area contributed by atoms with Gasteiger partial charge < -0.3 is 19.7 Å². The van der Waals surface area contributed by atoms with Crippen LogP contribution in [-0.2, 0) is 6.54 Å². The molecule has 0 saturated heterocycles. The Morgan fingerprint density at radius 2 is 1.68 bits per heavy atom. The van der Waals surface area contributed by atoms with E-state index in [2.05, 4.69) is 5.16 Å². The lowest BCUT2D eigenvalue weighted by Gasteiger charge is -2.33. The zero-order chi connectivity index (χ0) is 28.1. The van der Waals surface area contributed by atoms with Crippen LogP contribution in [-0.4, -0.2) is 33.6 Å². The summed E-state index contributed by atoms with van der Waals surface area (Å²) in [5, 5.41) is 4.73. The van der Waals surface area contributed by atoms with E-state index < -0.39 is 0 Å². The Morgan fingerprint density at radius 3 is 2.33 bits per heavy atom. The monoisotopic (exact) mass is 534 g/mol. The first-order valence-corrected chi connectivity index (χ1v) is 13.7. The second-order valence-corrected chi connectivity index (χ2v) is 10.0. The molecule has 5 aromatic rings. The molecular formula is C33H34N4O3. The number of fused-ring (bicyclic) bond motifs is 1. The van der Waals surface area contributed by atoms with Gasteiger partial charge in [0, 0.05) is 29.4 Å². The van der Waals surface area contributed by atoms with Gasteiger partial charge in [-0.25, -0.2) is 0 Å². The quantitative estimate of drug-likeness (QED) is 0.239. The highest BCUT2D eigenvalue weighted by atomic mass is 16.5. The Morgan fingerprint density at radius 1 is 1.00 bits per heavy atom. The molecule has 0 saturated carbocycles. The van der Waals surface area contributed by atoms with E-state index in [4.69, 9.17) is 10.3 Å². The number of carbonyl (C=O) groups excluding carboxylic acids is 1. The van der Waals surface area contributed by atoms with E-state index in [-0.39, 0.29) is 17.5 Å². The summed E-state index contributed by atoms with van der Waals surface area (Å²) >= 11 is 0. The average molecular weight is 535 g/mol. The average Bonchev–Trinajstić information content (AvgIpc) is 3.42. The van der Waals surface area contributed by atoms with E-state index in [9.17, 15) is 9.59 Å². The van der Waals surface area contributed by atoms with E-state index in [1.807, 2.05) is 110 Å². The van der Waals surface area contributed by atoms with Crippen LogP contribution in [0.2, 0.25) is 0 Å². The fourth-order valence-electron chi connectivity index (χ4n) is 5.18. The first-order valence-electron chi connectivity index (χ1n) is 13.7. The van der Waals surface area contributed by atoms with Crippen LogP contribution in [0.15, 0.2) is 100 Å². The van der Waals surface area contributed by atoms with Gasteiger partial charge in [-0.15, -0.1) is 0 Å². The SMILES string of the molecule is CCC(c1cc2onc(-c3ccccc3)c2c(=O)n1Cc1ccccc1)N(CCCN)C(=O)c1ccc(C)cc1. The third kappa shape index (κ3) is 5.46. The van der Waals surface area contributed by atoms with Crippen LogP contribution >= 0.6 is 0 Å². The summed E-state index contributed by atoms with van der Waals surface area (Å²) in [5.41, 5.74) is 10.8. The molecule has 0 aliphatic carbocycles. The maximum Gasteiger partial charge on any atom is 0.264 e. The van der Waals surface area contributed by atoms with Gasteiger partial charge in [0.05, 0.1) is 12.6 Å². The molecule has 7 nitrogen and oxygen atoms in total. The van der Waals surface area contributed by atoms with Crippen molar-refractivity contribution in [1.82, 2.24) is 14.6 Å². The standard InChI is InChI=1S/C33H34N4O3/c1-3-27(36(20-10-19-34)32(38)26-17-15-23(2)16-18-26)28-21-29-30(31(35-40-29)25-13-8-5-9-14-25)33(39)37(28)22-24-11-6-4-7-12-24/h4-9,11-18,21,27H,3,10,19-20,22,34H2,1-2H3. The van der Waals surface area contributed by atoms with Crippen LogP contribution in [0.5, 0.6) is 0 Å². The third-order valence-electron chi connectivity index (χ3n) is 7.27. The molecule has 7 heteroatoms. The first kappa shape index (κ1) is 27.1. The number of carbonyl (C=O) groups is 1. The molecule has 0 bridgehead atoms. The highest BCUT2D eigenvalue weighted by Crippen LogP contribution is 2.31. The number of nitrogens with two attached hydrogens (primary N) is 1. The fourth-order valence-corrected chi connectivity index (χ4v) is 5.18. The first-order chi connectivity index (χ1) is 19.5. The van der Waals surface area contributed by atoms with Crippen LogP contribution in [0.1, 0.15) is 53.0 Å². The van der Waals surface area contributed by atoms with Gasteiger partial charge in [-0.3, -0.25) is 9.59 Å². The van der Waals surface area contributed by atoms with Crippen molar-refractivity contribution >= 4 is 16.9 Å². The highest BCUT2D eigenvalue weighted by Gasteiger charge is 2.29. The second-order valence-electron chi connectivity index (χ2n) is 10.0. The van der Waals surface area contributed by atoms with Crippen LogP contribution in [0.4, 0.5) is 0 Å². The van der Waals surface area contributed by atoms with Gasteiger partial charge in [0.2, 0.25) is 0 Å². The summed E-state index contributed by atoms with van der Waals surface area (Å²) in [6.45, 7) is 5.29. The zero-order valence-electron chi connectivity index (χ0n) is 22.9. The molecule has 1 atom stereocenters. The molecule has 2 N–H and O–H groups in total. The smallest absolute Gasteiger partial charge is 0.264 e. The fraction of sp³-hybridized carbons (Fsp3) is 0.242. The number of hydrogen-bond donors (Lipinski definition) is 1. The van der Waals surface area contributed by atoms with Crippen molar-refractivity contribution in [3.63, 3.8) is 0 Å². The van der Waals surface area contributed by atoms with Crippen molar-refractivity contribution in [1.29, 1.82) is 0 Å². The molecular weight excluding hydrogens is 500 g/mol. The van der Waals surface area contributed by atoms with Crippen molar-refractivity contribution in [2.75, 3.05) is 13.1 Å². The molecule has 0 radical (unpaired) electrons. The Labute approximate surface area is 233 Å². The molecule has 2 heterocycles. The van der Waals surface area contributed by atoms with Gasteiger partial charge in [0.1, 0.15) is 11.1 Å². The third-order valence-corrected chi connectivity index (χ3v) is 7.27. The van der Waals surface area contributed by atoms with Gasteiger partial charge in [-0.05, 0) is 44.0 Å². The van der Waals surface area contributed by atoms with Crippen LogP contribution in [0.3, 0.4) is 0 Å². The second kappa shape index (κ2) is 12.1. The van der Waals surface area contributed by atoms with Gasteiger partial charge >= 0.3 is 0 Å². The minimum absolute atomic E-state index is 0.0957. The number of hydrogen-bond acceptors (Lipinski definition) is 5. The number of aromatic nitrogens is 2. The van der Waals surface area contributed by atoms with Crippen molar-refractivity contribution in [2.24, 2.45) is 5.73 Å². The summed E-state index contributed by atoms with van der Waals surface area (Å²) < 4.78 is 7.53. The molecule has 2 aromatic heterocycles. The number of aryl methyl sites for hydroxylation is 1. The number of amides is 1. The molecule has 1 amide bonds. The lowest BCUT2D eigenvalue weighted by molar-refractivity contribution is 0.0660. The number of nitrogens with zero attached hydrogens (tertiary/aromatic N) is 3. The van der Waals surface area contributed by atoms with E-state index in [0.717, 1.165) is 16.7 Å². The summed E-state index contributed by atoms with van der Waals surface area (Å²) in [5.74, 6) is -0.0957. The van der Waals surface area contributed by atoms with Crippen molar-refractivity contribution in [3.05, 3.63) is 124 Å². The number of rotatable bonds is 10. The van der Waals surface area contributed by atoms with E-state index in [1.165, 1.54) is 0 Å². The van der Waals surface area contributed by atoms with Crippen molar-refractivity contribution in [2.45, 2.75) is 39.3 Å². The number of benzene rings is 3. The summed E-state index contributed by atoms with van der Waals surface area (Å²) in [6.07, 6.45) is 1.24. The molecule has 0 aliphatic heterocycles. The topological polar surface area (TPSA) is 94.4 Å². The van der Waals surface area contributed by atoms with Crippen LogP contribution in [0, 0.1) is 6.92 Å². The summed E-state index contributed by atoms with van der Waals surface area (Å²) in [7, 11) is 0. The molecule has 3 aromatic carbocycles. The highest BCUT2D eigenvalue weighted by molar-refractivity contribution is 5.95. The Kier molecular flexibility index (Phi) is 8.22. The van der Waals surface area contributed by atoms with Gasteiger partial charge in [0.25, 0.3) is 11.5 Å². The normalized spacial score (nSPS) is 12.0. The lowest BCUT2D eigenvalue weighted by atomic mass is 10.0. The summed E-state index contributed by atoms with van der Waals surface area (Å²) in [6, 6.07) is 28.5. The van der Waals surface area contributed by atoms with E-state index in [1.54, 1.807) is 4.57 Å². The minimum atomic E-state index is -0.383. The maximum absolute atomic E-state index is 14.3. The van der Waals surface area contributed by atoms with Gasteiger partial charge in [0.15, 0.2) is 5.58 Å². The number of pyridine rings is 1. The van der Waals surface area contributed by atoms with Gasteiger partial charge in [-0.1, -0.05) is 90.4 Å². The molecule has 0 aliphatic rings. The van der Waals surface area contributed by atoms with Crippen molar-refractivity contribution in [3.8, 4) is 11.3 Å². The van der Waals surface area contributed by atoms with E-state index >= 15 is 0 Å². The Hall–Kier alpha value is -4.49. The van der Waals surface area contributed by atoms with Gasteiger partial charge in [-0.2, -0.15) is 0 Å². The molecule has 1 unspecified atom stereocenters. The Bertz CT molecular complexity index is 1640. The minimum Gasteiger partial charge on any atom is -0.355 e.